The second kappa shape index (κ2) is 6.70. The Labute approximate surface area is 123 Å². The summed E-state index contributed by atoms with van der Waals surface area (Å²) in [5, 5.41) is 9.05. The van der Waals surface area contributed by atoms with E-state index in [0.29, 0.717) is 13.0 Å². The number of amides is 1. The molecule has 1 saturated heterocycles. The van der Waals surface area contributed by atoms with E-state index in [2.05, 4.69) is 0 Å². The van der Waals surface area contributed by atoms with E-state index in [1.54, 1.807) is 17.0 Å². The van der Waals surface area contributed by atoms with Crippen molar-refractivity contribution in [2.24, 2.45) is 5.92 Å². The third-order valence-electron chi connectivity index (χ3n) is 4.02. The van der Waals surface area contributed by atoms with Crippen molar-refractivity contribution in [3.8, 4) is 0 Å². The van der Waals surface area contributed by atoms with Gasteiger partial charge in [0, 0.05) is 19.5 Å². The minimum atomic E-state index is -0.842. The van der Waals surface area contributed by atoms with Crippen molar-refractivity contribution in [2.45, 2.75) is 32.1 Å². The number of likely N-dealkylation sites (tertiary alicyclic amines) is 1. The highest BCUT2D eigenvalue weighted by Crippen LogP contribution is 2.23. The molecule has 1 fully saturated rings. The molecule has 0 saturated carbocycles. The zero-order chi connectivity index (χ0) is 15.4. The molecule has 0 aromatic heterocycles. The van der Waals surface area contributed by atoms with Gasteiger partial charge in [0.1, 0.15) is 5.82 Å². The van der Waals surface area contributed by atoms with Crippen LogP contribution in [0.5, 0.6) is 0 Å². The van der Waals surface area contributed by atoms with Gasteiger partial charge in [0.25, 0.3) is 0 Å². The molecule has 1 aliphatic rings. The lowest BCUT2D eigenvalue weighted by molar-refractivity contribution is -0.145. The molecule has 21 heavy (non-hydrogen) atoms. The fourth-order valence-corrected chi connectivity index (χ4v) is 2.73. The number of halogens is 1. The SMILES string of the molecule is C[C@@H](CC(=O)N1CCC[C@@H](C(=O)O)C1)c1cccc(F)c1. The Bertz CT molecular complexity index is 532. The van der Waals surface area contributed by atoms with Crippen LogP contribution in [0.25, 0.3) is 0 Å². The van der Waals surface area contributed by atoms with Gasteiger partial charge in [0.15, 0.2) is 0 Å². The van der Waals surface area contributed by atoms with Gasteiger partial charge in [-0.3, -0.25) is 9.59 Å². The molecular weight excluding hydrogens is 273 g/mol. The Hall–Kier alpha value is -1.91. The second-order valence-corrected chi connectivity index (χ2v) is 5.68. The third-order valence-corrected chi connectivity index (χ3v) is 4.02. The van der Waals surface area contributed by atoms with Crippen LogP contribution in [0.2, 0.25) is 0 Å². The third kappa shape index (κ3) is 4.03. The average molecular weight is 293 g/mol. The molecule has 0 radical (unpaired) electrons. The van der Waals surface area contributed by atoms with Crippen molar-refractivity contribution in [1.82, 2.24) is 4.90 Å². The first-order valence-corrected chi connectivity index (χ1v) is 7.23. The van der Waals surface area contributed by atoms with E-state index in [0.717, 1.165) is 12.0 Å². The quantitative estimate of drug-likeness (QED) is 0.928. The molecule has 1 aliphatic heterocycles. The van der Waals surface area contributed by atoms with Crippen LogP contribution in [-0.4, -0.2) is 35.0 Å². The van der Waals surface area contributed by atoms with Gasteiger partial charge in [-0.25, -0.2) is 4.39 Å². The molecule has 0 unspecified atom stereocenters. The summed E-state index contributed by atoms with van der Waals surface area (Å²) < 4.78 is 13.2. The van der Waals surface area contributed by atoms with Gasteiger partial charge in [0.2, 0.25) is 5.91 Å². The molecule has 1 N–H and O–H groups in total. The number of piperidine rings is 1. The van der Waals surface area contributed by atoms with Gasteiger partial charge in [-0.15, -0.1) is 0 Å². The number of hydrogen-bond donors (Lipinski definition) is 1. The zero-order valence-electron chi connectivity index (χ0n) is 12.1. The molecule has 0 aliphatic carbocycles. The predicted molar refractivity (Wildman–Crippen MR) is 76.4 cm³/mol. The number of aliphatic carboxylic acids is 1. The number of rotatable bonds is 4. The standard InChI is InChI=1S/C16H20FNO3/c1-11(12-4-2-6-14(17)9-12)8-15(19)18-7-3-5-13(10-18)16(20)21/h2,4,6,9,11,13H,3,5,7-8,10H2,1H3,(H,20,21)/t11-,13+/m0/s1. The highest BCUT2D eigenvalue weighted by molar-refractivity contribution is 5.78. The molecule has 0 bridgehead atoms. The van der Waals surface area contributed by atoms with Crippen LogP contribution >= 0.6 is 0 Å². The van der Waals surface area contributed by atoms with E-state index >= 15 is 0 Å². The fourth-order valence-electron chi connectivity index (χ4n) is 2.73. The summed E-state index contributed by atoms with van der Waals surface area (Å²) in [6, 6.07) is 6.25. The van der Waals surface area contributed by atoms with Gasteiger partial charge in [0.05, 0.1) is 5.92 Å². The summed E-state index contributed by atoms with van der Waals surface area (Å²) in [5.41, 5.74) is 0.787. The Morgan fingerprint density at radius 1 is 1.48 bits per heavy atom. The number of hydrogen-bond acceptors (Lipinski definition) is 2. The monoisotopic (exact) mass is 293 g/mol. The lowest BCUT2D eigenvalue weighted by atomic mass is 9.94. The Morgan fingerprint density at radius 3 is 2.90 bits per heavy atom. The van der Waals surface area contributed by atoms with Gasteiger partial charge in [-0.1, -0.05) is 19.1 Å². The minimum Gasteiger partial charge on any atom is -0.481 e. The average Bonchev–Trinajstić information content (AvgIpc) is 2.47. The van der Waals surface area contributed by atoms with Crippen LogP contribution < -0.4 is 0 Å². The maximum absolute atomic E-state index is 13.2. The number of benzene rings is 1. The van der Waals surface area contributed by atoms with Crippen LogP contribution in [0.15, 0.2) is 24.3 Å². The molecule has 1 heterocycles. The summed E-state index contributed by atoms with van der Waals surface area (Å²) >= 11 is 0. The van der Waals surface area contributed by atoms with Crippen molar-refractivity contribution < 1.29 is 19.1 Å². The van der Waals surface area contributed by atoms with Crippen molar-refractivity contribution in [2.75, 3.05) is 13.1 Å². The normalized spacial score (nSPS) is 20.1. The van der Waals surface area contributed by atoms with E-state index < -0.39 is 11.9 Å². The van der Waals surface area contributed by atoms with Gasteiger partial charge in [-0.2, -0.15) is 0 Å². The maximum Gasteiger partial charge on any atom is 0.308 e. The van der Waals surface area contributed by atoms with Crippen LogP contribution in [0.1, 0.15) is 37.7 Å². The summed E-state index contributed by atoms with van der Waals surface area (Å²) in [7, 11) is 0. The Balaban J connectivity index is 1.96. The minimum absolute atomic E-state index is 0.0577. The lowest BCUT2D eigenvalue weighted by Gasteiger charge is -2.31. The first-order chi connectivity index (χ1) is 9.97. The van der Waals surface area contributed by atoms with Crippen molar-refractivity contribution in [3.05, 3.63) is 35.6 Å². The van der Waals surface area contributed by atoms with Crippen LogP contribution in [0, 0.1) is 11.7 Å². The van der Waals surface area contributed by atoms with E-state index in [4.69, 9.17) is 5.11 Å². The van der Waals surface area contributed by atoms with Gasteiger partial charge < -0.3 is 10.0 Å². The molecule has 2 rings (SSSR count). The van der Waals surface area contributed by atoms with Crippen molar-refractivity contribution in [1.29, 1.82) is 0 Å². The van der Waals surface area contributed by atoms with Crippen molar-refractivity contribution >= 4 is 11.9 Å². The predicted octanol–water partition coefficient (Wildman–Crippen LogP) is 2.64. The highest BCUT2D eigenvalue weighted by atomic mass is 19.1. The summed E-state index contributed by atoms with van der Waals surface area (Å²) in [6.45, 7) is 2.77. The van der Waals surface area contributed by atoms with Crippen LogP contribution in [0.4, 0.5) is 4.39 Å². The lowest BCUT2D eigenvalue weighted by Crippen LogP contribution is -2.42. The van der Waals surface area contributed by atoms with E-state index in [1.807, 2.05) is 6.92 Å². The number of nitrogens with zero attached hydrogens (tertiary/aromatic N) is 1. The van der Waals surface area contributed by atoms with E-state index in [-0.39, 0.29) is 30.6 Å². The molecule has 114 valence electrons. The summed E-state index contributed by atoms with van der Waals surface area (Å²) in [4.78, 5) is 24.9. The molecular formula is C16H20FNO3. The zero-order valence-corrected chi connectivity index (χ0v) is 12.1. The van der Waals surface area contributed by atoms with Crippen LogP contribution in [0.3, 0.4) is 0 Å². The Kier molecular flexibility index (Phi) is 4.94. The number of carbonyl (C=O) groups excluding carboxylic acids is 1. The molecule has 4 nitrogen and oxygen atoms in total. The first kappa shape index (κ1) is 15.5. The molecule has 1 amide bonds. The second-order valence-electron chi connectivity index (χ2n) is 5.68. The molecule has 5 heteroatoms. The number of carboxylic acids is 1. The molecule has 0 spiro atoms. The highest BCUT2D eigenvalue weighted by Gasteiger charge is 2.28. The first-order valence-electron chi connectivity index (χ1n) is 7.23. The Morgan fingerprint density at radius 2 is 2.24 bits per heavy atom. The van der Waals surface area contributed by atoms with Crippen LogP contribution in [-0.2, 0) is 9.59 Å². The maximum atomic E-state index is 13.2. The van der Waals surface area contributed by atoms with Gasteiger partial charge in [-0.05, 0) is 36.5 Å². The topological polar surface area (TPSA) is 57.6 Å². The summed E-state index contributed by atoms with van der Waals surface area (Å²) in [5.74, 6) is -1.76. The van der Waals surface area contributed by atoms with E-state index in [1.165, 1.54) is 12.1 Å². The van der Waals surface area contributed by atoms with E-state index in [9.17, 15) is 14.0 Å². The molecule has 1 aromatic rings. The number of carboxylic acid groups (broad SMARTS) is 1. The van der Waals surface area contributed by atoms with Gasteiger partial charge >= 0.3 is 5.97 Å². The van der Waals surface area contributed by atoms with Crippen molar-refractivity contribution in [3.63, 3.8) is 0 Å². The molecule has 1 aromatic carbocycles. The molecule has 2 atom stereocenters. The summed E-state index contributed by atoms with van der Waals surface area (Å²) in [6.07, 6.45) is 1.62. The number of carbonyl (C=O) groups is 2. The largest absolute Gasteiger partial charge is 0.481 e. The fraction of sp³-hybridized carbons (Fsp3) is 0.500. The smallest absolute Gasteiger partial charge is 0.308 e.